The highest BCUT2D eigenvalue weighted by Gasteiger charge is 2.16. The second kappa shape index (κ2) is 7.75. The summed E-state index contributed by atoms with van der Waals surface area (Å²) in [5, 5.41) is 19.6. The molecular formula is C18H20Cl2O2. The van der Waals surface area contributed by atoms with E-state index in [4.69, 9.17) is 23.2 Å². The number of benzene rings is 2. The van der Waals surface area contributed by atoms with Gasteiger partial charge < -0.3 is 10.2 Å². The molecule has 0 bridgehead atoms. The van der Waals surface area contributed by atoms with Crippen molar-refractivity contribution >= 4 is 23.2 Å². The minimum atomic E-state index is 0.190. The topological polar surface area (TPSA) is 40.5 Å². The molecule has 0 atom stereocenters. The third-order valence-electron chi connectivity index (χ3n) is 3.88. The van der Waals surface area contributed by atoms with Crippen LogP contribution in [0.3, 0.4) is 0 Å². The monoisotopic (exact) mass is 338 g/mol. The maximum Gasteiger partial charge on any atom is 0.120 e. The van der Waals surface area contributed by atoms with E-state index in [9.17, 15) is 10.2 Å². The normalized spacial score (nSPS) is 11.1. The predicted octanol–water partition coefficient (Wildman–Crippen LogP) is 5.51. The molecule has 2 rings (SSSR count). The summed E-state index contributed by atoms with van der Waals surface area (Å²) in [6.07, 6.45) is 2.00. The Morgan fingerprint density at radius 1 is 0.864 bits per heavy atom. The molecule has 0 unspecified atom stereocenters. The second-order valence-corrected chi connectivity index (χ2v) is 5.92. The molecule has 22 heavy (non-hydrogen) atoms. The molecule has 0 amide bonds. The Morgan fingerprint density at radius 2 is 1.32 bits per heavy atom. The third kappa shape index (κ3) is 3.68. The number of halogens is 2. The first-order valence-corrected chi connectivity index (χ1v) is 8.43. The van der Waals surface area contributed by atoms with Gasteiger partial charge in [0.25, 0.3) is 0 Å². The van der Waals surface area contributed by atoms with Crippen molar-refractivity contribution < 1.29 is 10.2 Å². The van der Waals surface area contributed by atoms with E-state index in [0.717, 1.165) is 35.1 Å². The summed E-state index contributed by atoms with van der Waals surface area (Å²) in [5.41, 5.74) is 3.69. The molecule has 118 valence electrons. The van der Waals surface area contributed by atoms with Crippen molar-refractivity contribution in [2.24, 2.45) is 0 Å². The van der Waals surface area contributed by atoms with Gasteiger partial charge in [0.05, 0.1) is 11.8 Å². The van der Waals surface area contributed by atoms with E-state index in [-0.39, 0.29) is 29.2 Å². The van der Waals surface area contributed by atoms with Crippen LogP contribution in [0, 0.1) is 0 Å². The molecule has 0 heterocycles. The fraction of sp³-hybridized carbons (Fsp3) is 0.333. The van der Waals surface area contributed by atoms with Crippen LogP contribution in [0.1, 0.15) is 47.9 Å². The van der Waals surface area contributed by atoms with Crippen LogP contribution in [-0.4, -0.2) is 10.2 Å². The zero-order valence-corrected chi connectivity index (χ0v) is 14.0. The van der Waals surface area contributed by atoms with Crippen LogP contribution in [-0.2, 0) is 11.8 Å². The molecule has 0 fully saturated rings. The van der Waals surface area contributed by atoms with Crippen molar-refractivity contribution in [3.8, 4) is 11.5 Å². The van der Waals surface area contributed by atoms with Crippen molar-refractivity contribution in [1.29, 1.82) is 0 Å². The number of hydrogen-bond acceptors (Lipinski definition) is 2. The lowest BCUT2D eigenvalue weighted by molar-refractivity contribution is 0.470. The molecule has 0 aliphatic rings. The smallest absolute Gasteiger partial charge is 0.120 e. The van der Waals surface area contributed by atoms with Gasteiger partial charge in [0.2, 0.25) is 0 Å². The maximum atomic E-state index is 9.80. The highest BCUT2D eigenvalue weighted by atomic mass is 35.5. The van der Waals surface area contributed by atoms with Crippen LogP contribution in [0.2, 0.25) is 0 Å². The molecule has 0 aliphatic heterocycles. The molecule has 2 aromatic rings. The van der Waals surface area contributed by atoms with Crippen molar-refractivity contribution in [1.82, 2.24) is 0 Å². The first-order valence-electron chi connectivity index (χ1n) is 7.36. The van der Waals surface area contributed by atoms with Crippen LogP contribution in [0.15, 0.2) is 36.4 Å². The van der Waals surface area contributed by atoms with Gasteiger partial charge in [0, 0.05) is 17.0 Å². The number of phenols is 2. The Kier molecular flexibility index (Phi) is 5.98. The summed E-state index contributed by atoms with van der Waals surface area (Å²) >= 11 is 11.8. The van der Waals surface area contributed by atoms with Crippen molar-refractivity contribution in [2.45, 2.75) is 37.4 Å². The molecule has 0 saturated heterocycles. The van der Waals surface area contributed by atoms with Crippen LogP contribution >= 0.6 is 23.2 Å². The fourth-order valence-electron chi connectivity index (χ4n) is 2.67. The van der Waals surface area contributed by atoms with Gasteiger partial charge in [0.15, 0.2) is 0 Å². The van der Waals surface area contributed by atoms with E-state index in [1.807, 2.05) is 24.3 Å². The van der Waals surface area contributed by atoms with E-state index in [1.54, 1.807) is 12.1 Å². The third-order valence-corrected chi connectivity index (χ3v) is 4.45. The zero-order valence-electron chi connectivity index (χ0n) is 12.5. The molecule has 2 N–H and O–H groups in total. The van der Waals surface area contributed by atoms with Gasteiger partial charge in [-0.15, -0.1) is 23.2 Å². The summed E-state index contributed by atoms with van der Waals surface area (Å²) in [7, 11) is 0. The number of aromatic hydroxyl groups is 2. The van der Waals surface area contributed by atoms with E-state index in [2.05, 4.69) is 6.92 Å². The number of alkyl halides is 2. The van der Waals surface area contributed by atoms with Gasteiger partial charge >= 0.3 is 0 Å². The molecule has 0 saturated carbocycles. The molecule has 0 radical (unpaired) electrons. The Labute approximate surface area is 141 Å². The lowest BCUT2D eigenvalue weighted by Crippen LogP contribution is -2.02. The van der Waals surface area contributed by atoms with E-state index >= 15 is 0 Å². The van der Waals surface area contributed by atoms with Crippen molar-refractivity contribution in [3.63, 3.8) is 0 Å². The quantitative estimate of drug-likeness (QED) is 0.682. The Hall–Kier alpha value is -1.38. The predicted molar refractivity (Wildman–Crippen MR) is 92.1 cm³/mol. The Morgan fingerprint density at radius 3 is 1.68 bits per heavy atom. The van der Waals surface area contributed by atoms with Gasteiger partial charge in [-0.05, 0) is 29.7 Å². The summed E-state index contributed by atoms with van der Waals surface area (Å²) in [4.78, 5) is 0. The van der Waals surface area contributed by atoms with Gasteiger partial charge in [-0.3, -0.25) is 0 Å². The lowest BCUT2D eigenvalue weighted by Gasteiger charge is -2.19. The Bertz CT molecular complexity index is 587. The molecule has 2 nitrogen and oxygen atoms in total. The highest BCUT2D eigenvalue weighted by molar-refractivity contribution is 6.17. The number of hydrogen-bond donors (Lipinski definition) is 2. The van der Waals surface area contributed by atoms with Crippen LogP contribution < -0.4 is 0 Å². The highest BCUT2D eigenvalue weighted by Crippen LogP contribution is 2.34. The molecule has 2 aromatic carbocycles. The summed E-state index contributed by atoms with van der Waals surface area (Å²) < 4.78 is 0. The Balaban J connectivity index is 2.45. The number of rotatable bonds is 6. The minimum Gasteiger partial charge on any atom is -0.508 e. The second-order valence-electron chi connectivity index (χ2n) is 5.38. The first kappa shape index (κ1) is 17.0. The minimum absolute atomic E-state index is 0.190. The maximum absolute atomic E-state index is 9.80. The molecule has 0 spiro atoms. The zero-order chi connectivity index (χ0) is 16.1. The average molecular weight is 339 g/mol. The molecule has 0 aliphatic carbocycles. The van der Waals surface area contributed by atoms with E-state index in [1.165, 1.54) is 0 Å². The largest absolute Gasteiger partial charge is 0.508 e. The first-order chi connectivity index (χ1) is 10.6. The van der Waals surface area contributed by atoms with E-state index < -0.39 is 0 Å². The van der Waals surface area contributed by atoms with Gasteiger partial charge in [-0.2, -0.15) is 0 Å². The molecular weight excluding hydrogens is 319 g/mol. The summed E-state index contributed by atoms with van der Waals surface area (Å²) in [6, 6.07) is 11.2. The van der Waals surface area contributed by atoms with Crippen molar-refractivity contribution in [3.05, 3.63) is 58.7 Å². The van der Waals surface area contributed by atoms with Crippen LogP contribution in [0.5, 0.6) is 11.5 Å². The lowest BCUT2D eigenvalue weighted by atomic mass is 9.86. The summed E-state index contributed by atoms with van der Waals surface area (Å²) in [6.45, 7) is 2.14. The average Bonchev–Trinajstić information content (AvgIpc) is 2.54. The van der Waals surface area contributed by atoms with Crippen molar-refractivity contribution in [2.75, 3.05) is 0 Å². The number of phenolic OH excluding ortho intramolecular Hbond substituents is 2. The van der Waals surface area contributed by atoms with Gasteiger partial charge in [-0.25, -0.2) is 0 Å². The van der Waals surface area contributed by atoms with E-state index in [0.29, 0.717) is 0 Å². The molecule has 4 heteroatoms. The van der Waals surface area contributed by atoms with Crippen LogP contribution in [0.4, 0.5) is 0 Å². The standard InChI is InChI=1S/C18H20Cl2O2/c1-2-3-16(12-4-6-17(21)14(8-12)10-19)13-5-7-18(22)15(9-13)11-20/h4-9,16,21-22H,2-3,10-11H2,1H3. The fourth-order valence-corrected chi connectivity index (χ4v) is 3.10. The van der Waals surface area contributed by atoms with Gasteiger partial charge in [-0.1, -0.05) is 37.6 Å². The SMILES string of the molecule is CCCC(c1ccc(O)c(CCl)c1)c1ccc(O)c(CCl)c1. The summed E-state index contributed by atoms with van der Waals surface area (Å²) in [5.74, 6) is 1.19. The van der Waals surface area contributed by atoms with Gasteiger partial charge in [0.1, 0.15) is 11.5 Å². The van der Waals surface area contributed by atoms with Crippen LogP contribution in [0.25, 0.3) is 0 Å². The molecule has 0 aromatic heterocycles.